The van der Waals surface area contributed by atoms with Crippen molar-refractivity contribution in [1.29, 1.82) is 0 Å². The molecule has 0 fully saturated rings. The minimum atomic E-state index is -1.25. The zero-order chi connectivity index (χ0) is 15.9. The number of nitrogen functional groups attached to an aromatic ring is 1. The van der Waals surface area contributed by atoms with Gasteiger partial charge in [-0.1, -0.05) is 24.3 Å². The highest BCUT2D eigenvalue weighted by Gasteiger charge is 2.16. The summed E-state index contributed by atoms with van der Waals surface area (Å²) in [5.41, 5.74) is 7.32. The van der Waals surface area contributed by atoms with Gasteiger partial charge in [0.15, 0.2) is 6.10 Å². The van der Waals surface area contributed by atoms with E-state index in [0.717, 1.165) is 5.56 Å². The summed E-state index contributed by atoms with van der Waals surface area (Å²) in [5, 5.41) is 12.4. The Hall–Kier alpha value is -2.60. The third-order valence-electron chi connectivity index (χ3n) is 3.17. The van der Waals surface area contributed by atoms with Gasteiger partial charge in [0.05, 0.1) is 0 Å². The number of benzene rings is 1. The maximum Gasteiger partial charge on any atom is 0.252 e. The second kappa shape index (κ2) is 7.42. The van der Waals surface area contributed by atoms with Crippen LogP contribution in [0.5, 0.6) is 5.75 Å². The Labute approximate surface area is 128 Å². The Morgan fingerprint density at radius 1 is 1.36 bits per heavy atom. The van der Waals surface area contributed by atoms with Crippen molar-refractivity contribution in [3.63, 3.8) is 0 Å². The van der Waals surface area contributed by atoms with E-state index in [4.69, 9.17) is 10.5 Å². The quantitative estimate of drug-likeness (QED) is 0.740. The van der Waals surface area contributed by atoms with Crippen LogP contribution in [0.1, 0.15) is 11.1 Å². The summed E-state index contributed by atoms with van der Waals surface area (Å²) in [6.45, 7) is 1.99. The van der Waals surface area contributed by atoms with E-state index in [2.05, 4.69) is 10.3 Å². The summed E-state index contributed by atoms with van der Waals surface area (Å²) in [6, 6.07) is 10.9. The smallest absolute Gasteiger partial charge is 0.252 e. The van der Waals surface area contributed by atoms with Crippen LogP contribution in [0.2, 0.25) is 0 Å². The monoisotopic (exact) mass is 301 g/mol. The van der Waals surface area contributed by atoms with Gasteiger partial charge in [-0.2, -0.15) is 0 Å². The largest absolute Gasteiger partial charge is 0.490 e. The molecule has 1 aromatic heterocycles. The molecule has 0 saturated heterocycles. The average molecular weight is 301 g/mol. The average Bonchev–Trinajstić information content (AvgIpc) is 2.52. The summed E-state index contributed by atoms with van der Waals surface area (Å²) < 4.78 is 5.45. The Morgan fingerprint density at radius 3 is 2.86 bits per heavy atom. The lowest BCUT2D eigenvalue weighted by Crippen LogP contribution is -2.38. The highest BCUT2D eigenvalue weighted by atomic mass is 16.5. The molecule has 22 heavy (non-hydrogen) atoms. The highest BCUT2D eigenvalue weighted by molar-refractivity contribution is 5.80. The summed E-state index contributed by atoms with van der Waals surface area (Å²) >= 11 is 0. The predicted molar refractivity (Wildman–Crippen MR) is 83.2 cm³/mol. The van der Waals surface area contributed by atoms with Gasteiger partial charge in [-0.15, -0.1) is 0 Å². The summed E-state index contributed by atoms with van der Waals surface area (Å²) in [4.78, 5) is 15.8. The molecule has 1 aromatic carbocycles. The number of anilines is 1. The van der Waals surface area contributed by atoms with Gasteiger partial charge in [0.2, 0.25) is 0 Å². The fourth-order valence-electron chi connectivity index (χ4n) is 1.86. The first-order chi connectivity index (χ1) is 10.6. The van der Waals surface area contributed by atoms with Gasteiger partial charge in [-0.3, -0.25) is 4.79 Å². The molecule has 6 nitrogen and oxygen atoms in total. The van der Waals surface area contributed by atoms with Crippen LogP contribution in [0.4, 0.5) is 5.82 Å². The third-order valence-corrected chi connectivity index (χ3v) is 3.17. The van der Waals surface area contributed by atoms with Crippen LogP contribution in [0.3, 0.4) is 0 Å². The van der Waals surface area contributed by atoms with Crippen LogP contribution in [-0.2, 0) is 11.3 Å². The fourth-order valence-corrected chi connectivity index (χ4v) is 1.86. The van der Waals surface area contributed by atoms with E-state index in [1.807, 2.05) is 25.1 Å². The zero-order valence-corrected chi connectivity index (χ0v) is 12.3. The number of aromatic nitrogens is 1. The van der Waals surface area contributed by atoms with E-state index in [-0.39, 0.29) is 13.2 Å². The van der Waals surface area contributed by atoms with Gasteiger partial charge in [0.1, 0.15) is 18.2 Å². The van der Waals surface area contributed by atoms with Gasteiger partial charge in [0.25, 0.3) is 5.91 Å². The molecular weight excluding hydrogens is 282 g/mol. The normalized spacial score (nSPS) is 11.7. The fraction of sp³-hybridized carbons (Fsp3) is 0.250. The molecule has 1 atom stereocenters. The number of amides is 1. The van der Waals surface area contributed by atoms with Crippen LogP contribution in [0, 0.1) is 6.92 Å². The summed E-state index contributed by atoms with van der Waals surface area (Å²) in [5.74, 6) is 0.483. The number of hydrogen-bond acceptors (Lipinski definition) is 5. The number of aliphatic hydroxyl groups is 1. The van der Waals surface area contributed by atoms with E-state index in [9.17, 15) is 9.90 Å². The number of nitrogens with one attached hydrogen (secondary N) is 1. The van der Waals surface area contributed by atoms with Crippen LogP contribution in [0.25, 0.3) is 0 Å². The number of pyridine rings is 1. The van der Waals surface area contributed by atoms with Gasteiger partial charge >= 0.3 is 0 Å². The zero-order valence-electron chi connectivity index (χ0n) is 12.3. The van der Waals surface area contributed by atoms with Crippen molar-refractivity contribution in [1.82, 2.24) is 10.3 Å². The minimum absolute atomic E-state index is 0.112. The molecule has 0 spiro atoms. The van der Waals surface area contributed by atoms with Gasteiger partial charge < -0.3 is 20.9 Å². The molecular formula is C16H19N3O3. The van der Waals surface area contributed by atoms with Crippen molar-refractivity contribution in [3.8, 4) is 5.75 Å². The molecule has 2 aromatic rings. The van der Waals surface area contributed by atoms with E-state index in [1.54, 1.807) is 24.4 Å². The molecule has 0 aliphatic carbocycles. The molecule has 0 aliphatic heterocycles. The first-order valence-corrected chi connectivity index (χ1v) is 6.91. The minimum Gasteiger partial charge on any atom is -0.490 e. The maximum absolute atomic E-state index is 11.8. The molecule has 116 valence electrons. The molecule has 0 saturated carbocycles. The number of nitrogens with zero attached hydrogens (tertiary/aromatic N) is 1. The Balaban J connectivity index is 1.82. The second-order valence-corrected chi connectivity index (χ2v) is 4.86. The Bertz CT molecular complexity index is 646. The number of hydrogen-bond donors (Lipinski definition) is 3. The van der Waals surface area contributed by atoms with Crippen molar-refractivity contribution >= 4 is 11.7 Å². The van der Waals surface area contributed by atoms with Crippen molar-refractivity contribution in [2.75, 3.05) is 12.3 Å². The van der Waals surface area contributed by atoms with Crippen molar-refractivity contribution < 1.29 is 14.6 Å². The summed E-state index contributed by atoms with van der Waals surface area (Å²) in [6.07, 6.45) is 0.323. The molecule has 0 radical (unpaired) electrons. The molecule has 0 aliphatic rings. The molecule has 4 N–H and O–H groups in total. The van der Waals surface area contributed by atoms with Crippen LogP contribution in [0.15, 0.2) is 42.6 Å². The van der Waals surface area contributed by atoms with Crippen molar-refractivity contribution in [3.05, 3.63) is 53.7 Å². The number of nitrogens with two attached hydrogens (primary N) is 1. The molecule has 6 heteroatoms. The Kier molecular flexibility index (Phi) is 5.32. The highest BCUT2D eigenvalue weighted by Crippen LogP contribution is 2.16. The maximum atomic E-state index is 11.8. The number of rotatable bonds is 6. The lowest BCUT2D eigenvalue weighted by atomic mass is 10.2. The number of carbonyl (C=O) groups is 1. The SMILES string of the molecule is Cc1ccccc1OC[C@@H](O)C(=O)NCc1cccnc1N. The number of aliphatic hydroxyl groups excluding tert-OH is 1. The topological polar surface area (TPSA) is 97.5 Å². The molecule has 0 unspecified atom stereocenters. The van der Waals surface area contributed by atoms with E-state index < -0.39 is 12.0 Å². The predicted octanol–water partition coefficient (Wildman–Crippen LogP) is 1.03. The van der Waals surface area contributed by atoms with Crippen LogP contribution >= 0.6 is 0 Å². The number of para-hydroxylation sites is 1. The second-order valence-electron chi connectivity index (χ2n) is 4.86. The lowest BCUT2D eigenvalue weighted by molar-refractivity contribution is -0.130. The molecule has 1 heterocycles. The number of carbonyl (C=O) groups excluding carboxylic acids is 1. The van der Waals surface area contributed by atoms with E-state index >= 15 is 0 Å². The van der Waals surface area contributed by atoms with E-state index in [0.29, 0.717) is 17.1 Å². The first kappa shape index (κ1) is 15.8. The number of aryl methyl sites for hydroxylation is 1. The summed E-state index contributed by atoms with van der Waals surface area (Å²) in [7, 11) is 0. The first-order valence-electron chi connectivity index (χ1n) is 6.91. The Morgan fingerprint density at radius 2 is 2.14 bits per heavy atom. The third kappa shape index (κ3) is 4.20. The molecule has 0 bridgehead atoms. The van der Waals surface area contributed by atoms with Crippen LogP contribution in [-0.4, -0.2) is 28.7 Å². The van der Waals surface area contributed by atoms with Crippen molar-refractivity contribution in [2.45, 2.75) is 19.6 Å². The van der Waals surface area contributed by atoms with E-state index in [1.165, 1.54) is 0 Å². The lowest BCUT2D eigenvalue weighted by Gasteiger charge is -2.14. The van der Waals surface area contributed by atoms with Crippen molar-refractivity contribution in [2.24, 2.45) is 0 Å². The van der Waals surface area contributed by atoms with Gasteiger partial charge in [0, 0.05) is 18.3 Å². The standard InChI is InChI=1S/C16H19N3O3/c1-11-5-2-3-7-14(11)22-10-13(20)16(21)19-9-12-6-4-8-18-15(12)17/h2-8,13,20H,9-10H2,1H3,(H2,17,18)(H,19,21)/t13-/m1/s1. The van der Waals surface area contributed by atoms with Gasteiger partial charge in [-0.05, 0) is 24.6 Å². The molecule has 1 amide bonds. The van der Waals surface area contributed by atoms with Crippen LogP contribution < -0.4 is 15.8 Å². The molecule has 2 rings (SSSR count). The number of ether oxygens (including phenoxy) is 1. The van der Waals surface area contributed by atoms with Gasteiger partial charge in [-0.25, -0.2) is 4.98 Å².